The number of halogens is 2. The van der Waals surface area contributed by atoms with E-state index in [0.29, 0.717) is 43.0 Å². The summed E-state index contributed by atoms with van der Waals surface area (Å²) in [4.78, 5) is 27.0. The van der Waals surface area contributed by atoms with Gasteiger partial charge < -0.3 is 19.3 Å². The molecule has 3 amide bonds. The second-order valence-corrected chi connectivity index (χ2v) is 10.1. The smallest absolute Gasteiger partial charge is 0.320 e. The van der Waals surface area contributed by atoms with Crippen LogP contribution in [0, 0.1) is 17.6 Å². The molecule has 1 unspecified atom stereocenters. The molecule has 0 saturated carbocycles. The largest absolute Gasteiger partial charge is 0.496 e. The van der Waals surface area contributed by atoms with E-state index in [0.717, 1.165) is 23.3 Å². The summed E-state index contributed by atoms with van der Waals surface area (Å²) in [6.45, 7) is 0.898. The van der Waals surface area contributed by atoms with Crippen LogP contribution in [-0.2, 0) is 14.8 Å². The minimum absolute atomic E-state index is 0.0724. The summed E-state index contributed by atoms with van der Waals surface area (Å²) < 4.78 is 62.2. The van der Waals surface area contributed by atoms with Gasteiger partial charge in [-0.05, 0) is 30.2 Å². The number of hydrogen-bond acceptors (Lipinski definition) is 6. The van der Waals surface area contributed by atoms with E-state index in [-0.39, 0.29) is 24.2 Å². The van der Waals surface area contributed by atoms with Gasteiger partial charge in [-0.3, -0.25) is 9.52 Å². The first kappa shape index (κ1) is 26.2. The van der Waals surface area contributed by atoms with Crippen LogP contribution < -0.4 is 14.2 Å². The summed E-state index contributed by atoms with van der Waals surface area (Å²) in [5, 5.41) is 0. The number of carbonyl (C=O) groups excluding carboxylic acids is 2. The number of methoxy groups -OCH3 is 1. The Kier molecular flexibility index (Phi) is 8.15. The molecule has 2 aromatic rings. The second kappa shape index (κ2) is 10.9. The lowest BCUT2D eigenvalue weighted by Crippen LogP contribution is -2.45. The number of rotatable bonds is 8. The van der Waals surface area contributed by atoms with Crippen molar-refractivity contribution in [3.8, 4) is 22.6 Å². The van der Waals surface area contributed by atoms with Crippen molar-refractivity contribution in [2.45, 2.75) is 6.42 Å². The maximum atomic E-state index is 13.7. The SMILES string of the molecule is COc1cc(F)c(F)cc1-c1ccc(OCC2CCN(C(=O)N(C)CC(=O)NS(C)(=O)=O)C2)cc1. The predicted molar refractivity (Wildman–Crippen MR) is 125 cm³/mol. The van der Waals surface area contributed by atoms with Gasteiger partial charge in [0.05, 0.1) is 20.0 Å². The average molecular weight is 512 g/mol. The highest BCUT2D eigenvalue weighted by Crippen LogP contribution is 2.33. The number of nitrogens with zero attached hydrogens (tertiary/aromatic N) is 2. The summed E-state index contributed by atoms with van der Waals surface area (Å²) in [6.07, 6.45) is 1.57. The second-order valence-electron chi connectivity index (χ2n) is 8.34. The molecule has 0 aliphatic carbocycles. The fourth-order valence-electron chi connectivity index (χ4n) is 3.77. The fourth-order valence-corrected chi connectivity index (χ4v) is 4.25. The van der Waals surface area contributed by atoms with Crippen LogP contribution >= 0.6 is 0 Å². The maximum absolute atomic E-state index is 13.7. The van der Waals surface area contributed by atoms with Crippen LogP contribution in [0.15, 0.2) is 36.4 Å². The van der Waals surface area contributed by atoms with Crippen molar-refractivity contribution in [3.63, 3.8) is 0 Å². The molecule has 190 valence electrons. The molecule has 1 N–H and O–H groups in total. The maximum Gasteiger partial charge on any atom is 0.320 e. The molecule has 0 spiro atoms. The normalized spacial score (nSPS) is 15.6. The summed E-state index contributed by atoms with van der Waals surface area (Å²) in [5.41, 5.74) is 1.05. The first-order valence-corrected chi connectivity index (χ1v) is 12.6. The Bertz CT molecular complexity index is 1190. The summed E-state index contributed by atoms with van der Waals surface area (Å²) in [5.74, 6) is -1.88. The standard InChI is InChI=1S/C23H27F2N3O6S/c1-27(13-22(29)26-35(3,31)32)23(30)28-9-8-15(12-28)14-34-17-6-4-16(5-7-17)18-10-19(24)20(25)11-21(18)33-2/h4-7,10-11,15H,8-9,12-14H2,1-3H3,(H,26,29). The van der Waals surface area contributed by atoms with Crippen molar-refractivity contribution in [1.29, 1.82) is 0 Å². The molecule has 1 atom stereocenters. The van der Waals surface area contributed by atoms with Crippen molar-refractivity contribution in [2.75, 3.05) is 46.7 Å². The van der Waals surface area contributed by atoms with Gasteiger partial charge in [-0.25, -0.2) is 22.0 Å². The van der Waals surface area contributed by atoms with Gasteiger partial charge >= 0.3 is 6.03 Å². The van der Waals surface area contributed by atoms with E-state index >= 15 is 0 Å². The van der Waals surface area contributed by atoms with Gasteiger partial charge in [-0.1, -0.05) is 12.1 Å². The zero-order valence-corrected chi connectivity index (χ0v) is 20.4. The fraction of sp³-hybridized carbons (Fsp3) is 0.391. The Hall–Kier alpha value is -3.41. The number of benzene rings is 2. The van der Waals surface area contributed by atoms with Crippen molar-refractivity contribution in [1.82, 2.24) is 14.5 Å². The van der Waals surface area contributed by atoms with E-state index in [1.54, 1.807) is 29.2 Å². The molecule has 0 aromatic heterocycles. The molecule has 1 heterocycles. The highest BCUT2D eigenvalue weighted by atomic mass is 32.2. The van der Waals surface area contributed by atoms with Gasteiger partial charge in [0.1, 0.15) is 18.0 Å². The quantitative estimate of drug-likeness (QED) is 0.584. The molecule has 3 rings (SSSR count). The van der Waals surface area contributed by atoms with E-state index in [1.165, 1.54) is 14.2 Å². The van der Waals surface area contributed by atoms with E-state index in [9.17, 15) is 26.8 Å². The number of amides is 3. The number of likely N-dealkylation sites (tertiary alicyclic amines) is 1. The number of ether oxygens (including phenoxy) is 2. The molecule has 1 fully saturated rings. The van der Waals surface area contributed by atoms with Crippen molar-refractivity contribution >= 4 is 22.0 Å². The molecule has 2 aromatic carbocycles. The van der Waals surface area contributed by atoms with Crippen molar-refractivity contribution < 1.29 is 36.3 Å². The van der Waals surface area contributed by atoms with Crippen molar-refractivity contribution in [3.05, 3.63) is 48.0 Å². The van der Waals surface area contributed by atoms with E-state index in [4.69, 9.17) is 9.47 Å². The lowest BCUT2D eigenvalue weighted by atomic mass is 10.0. The van der Waals surface area contributed by atoms with Gasteiger partial charge in [0.2, 0.25) is 10.0 Å². The Morgan fingerprint density at radius 2 is 1.83 bits per heavy atom. The number of likely N-dealkylation sites (N-methyl/N-ethyl adjacent to an activating group) is 1. The average Bonchev–Trinajstić information content (AvgIpc) is 3.26. The summed E-state index contributed by atoms with van der Waals surface area (Å²) >= 11 is 0. The molecule has 0 bridgehead atoms. The summed E-state index contributed by atoms with van der Waals surface area (Å²) in [7, 11) is -0.879. The number of nitrogens with one attached hydrogen (secondary N) is 1. The molecule has 9 nitrogen and oxygen atoms in total. The van der Waals surface area contributed by atoms with Gasteiger partial charge in [0.15, 0.2) is 11.6 Å². The molecule has 1 aliphatic heterocycles. The lowest BCUT2D eigenvalue weighted by molar-refractivity contribution is -0.119. The Morgan fingerprint density at radius 1 is 1.17 bits per heavy atom. The molecule has 1 saturated heterocycles. The minimum atomic E-state index is -3.69. The minimum Gasteiger partial charge on any atom is -0.496 e. The third kappa shape index (κ3) is 7.04. The zero-order valence-electron chi connectivity index (χ0n) is 19.6. The molecular weight excluding hydrogens is 484 g/mol. The van der Waals surface area contributed by atoms with Crippen molar-refractivity contribution in [2.24, 2.45) is 5.92 Å². The Morgan fingerprint density at radius 3 is 2.46 bits per heavy atom. The third-order valence-electron chi connectivity index (χ3n) is 5.46. The van der Waals surface area contributed by atoms with Gasteiger partial charge in [0.25, 0.3) is 5.91 Å². The highest BCUT2D eigenvalue weighted by Gasteiger charge is 2.29. The molecule has 0 radical (unpaired) electrons. The zero-order chi connectivity index (χ0) is 25.8. The van der Waals surface area contributed by atoms with Crippen LogP contribution in [-0.4, -0.2) is 76.8 Å². The number of carbonyl (C=O) groups is 2. The van der Waals surface area contributed by atoms with Crippen LogP contribution in [0.1, 0.15) is 6.42 Å². The monoisotopic (exact) mass is 511 g/mol. The van der Waals surface area contributed by atoms with E-state index < -0.39 is 27.6 Å². The van der Waals surface area contributed by atoms with E-state index in [1.807, 2.05) is 4.72 Å². The molecule has 12 heteroatoms. The first-order valence-electron chi connectivity index (χ1n) is 10.7. The van der Waals surface area contributed by atoms with Gasteiger partial charge in [0, 0.05) is 37.7 Å². The number of sulfonamides is 1. The van der Waals surface area contributed by atoms with E-state index in [2.05, 4.69) is 0 Å². The first-order chi connectivity index (χ1) is 16.5. The highest BCUT2D eigenvalue weighted by molar-refractivity contribution is 7.89. The molecule has 1 aliphatic rings. The van der Waals surface area contributed by atoms with Crippen LogP contribution in [0.3, 0.4) is 0 Å². The van der Waals surface area contributed by atoms with Gasteiger partial charge in [-0.2, -0.15) is 0 Å². The number of urea groups is 1. The van der Waals surface area contributed by atoms with Crippen LogP contribution in [0.25, 0.3) is 11.1 Å². The topological polar surface area (TPSA) is 105 Å². The Balaban J connectivity index is 1.52. The van der Waals surface area contributed by atoms with Gasteiger partial charge in [-0.15, -0.1) is 0 Å². The lowest BCUT2D eigenvalue weighted by Gasteiger charge is -2.24. The number of hydrogen-bond donors (Lipinski definition) is 1. The third-order valence-corrected chi connectivity index (χ3v) is 6.05. The summed E-state index contributed by atoms with van der Waals surface area (Å²) in [6, 6.07) is 8.55. The Labute approximate surface area is 202 Å². The molecular formula is C23H27F2N3O6S. The van der Waals surface area contributed by atoms with Crippen LogP contribution in [0.4, 0.5) is 13.6 Å². The molecule has 35 heavy (non-hydrogen) atoms. The van der Waals surface area contributed by atoms with Crippen LogP contribution in [0.5, 0.6) is 11.5 Å². The van der Waals surface area contributed by atoms with Crippen LogP contribution in [0.2, 0.25) is 0 Å². The predicted octanol–water partition coefficient (Wildman–Crippen LogP) is 2.47.